The topological polar surface area (TPSA) is 98.0 Å². The van der Waals surface area contributed by atoms with E-state index < -0.39 is 4.92 Å². The van der Waals surface area contributed by atoms with Gasteiger partial charge in [-0.25, -0.2) is 4.98 Å². The number of hydrogen-bond donors (Lipinski definition) is 1. The minimum atomic E-state index is -0.486. The first-order chi connectivity index (χ1) is 11.6. The number of anilines is 1. The van der Waals surface area contributed by atoms with Gasteiger partial charge in [0.25, 0.3) is 5.69 Å². The summed E-state index contributed by atoms with van der Waals surface area (Å²) < 4.78 is 0. The van der Waals surface area contributed by atoms with Gasteiger partial charge < -0.3 is 5.32 Å². The van der Waals surface area contributed by atoms with E-state index in [1.807, 2.05) is 23.6 Å². The maximum Gasteiger partial charge on any atom is 0.269 e. The maximum absolute atomic E-state index is 12.1. The van der Waals surface area contributed by atoms with Crippen molar-refractivity contribution in [3.8, 4) is 10.7 Å². The Balaban J connectivity index is 1.63. The van der Waals surface area contributed by atoms with Crippen LogP contribution in [-0.4, -0.2) is 20.8 Å². The summed E-state index contributed by atoms with van der Waals surface area (Å²) in [7, 11) is 0. The summed E-state index contributed by atoms with van der Waals surface area (Å²) in [4.78, 5) is 30.8. The second kappa shape index (κ2) is 6.97. The van der Waals surface area contributed by atoms with Gasteiger partial charge in [0.1, 0.15) is 5.01 Å². The first-order valence-corrected chi connectivity index (χ1v) is 7.90. The van der Waals surface area contributed by atoms with Crippen LogP contribution < -0.4 is 5.32 Å². The number of nitro groups is 1. The SMILES string of the molecule is O=C(Cc1csc(-c2ccccn2)n1)Nc1ccc([N+](=O)[O-])cc1. The Labute approximate surface area is 141 Å². The van der Waals surface area contributed by atoms with E-state index in [4.69, 9.17) is 0 Å². The molecule has 120 valence electrons. The van der Waals surface area contributed by atoms with Gasteiger partial charge in [0, 0.05) is 29.4 Å². The van der Waals surface area contributed by atoms with E-state index >= 15 is 0 Å². The molecule has 1 amide bonds. The molecule has 0 unspecified atom stereocenters. The summed E-state index contributed by atoms with van der Waals surface area (Å²) >= 11 is 1.43. The van der Waals surface area contributed by atoms with Gasteiger partial charge in [-0.15, -0.1) is 11.3 Å². The molecule has 0 aliphatic heterocycles. The summed E-state index contributed by atoms with van der Waals surface area (Å²) in [5.41, 5.74) is 1.91. The number of hydrogen-bond acceptors (Lipinski definition) is 6. The molecule has 1 aromatic carbocycles. The summed E-state index contributed by atoms with van der Waals surface area (Å²) in [6, 6.07) is 11.3. The fourth-order valence-corrected chi connectivity index (χ4v) is 2.83. The molecule has 0 saturated carbocycles. The molecule has 0 spiro atoms. The molecule has 2 heterocycles. The predicted molar refractivity (Wildman–Crippen MR) is 90.8 cm³/mol. The maximum atomic E-state index is 12.1. The van der Waals surface area contributed by atoms with Crippen molar-refractivity contribution in [3.63, 3.8) is 0 Å². The van der Waals surface area contributed by atoms with E-state index in [0.717, 1.165) is 10.7 Å². The van der Waals surface area contributed by atoms with E-state index in [1.165, 1.54) is 35.6 Å². The van der Waals surface area contributed by atoms with Gasteiger partial charge in [-0.05, 0) is 24.3 Å². The van der Waals surface area contributed by atoms with E-state index in [1.54, 1.807) is 6.20 Å². The second-order valence-corrected chi connectivity index (χ2v) is 5.75. The molecule has 3 rings (SSSR count). The van der Waals surface area contributed by atoms with Crippen LogP contribution in [0.5, 0.6) is 0 Å². The molecule has 0 aliphatic rings. The molecule has 1 N–H and O–H groups in total. The number of carbonyl (C=O) groups is 1. The van der Waals surface area contributed by atoms with E-state index in [9.17, 15) is 14.9 Å². The monoisotopic (exact) mass is 340 g/mol. The zero-order valence-electron chi connectivity index (χ0n) is 12.4. The summed E-state index contributed by atoms with van der Waals surface area (Å²) in [6.45, 7) is 0. The fraction of sp³-hybridized carbons (Fsp3) is 0.0625. The largest absolute Gasteiger partial charge is 0.326 e. The van der Waals surface area contributed by atoms with Gasteiger partial charge in [0.2, 0.25) is 5.91 Å². The normalized spacial score (nSPS) is 10.3. The summed E-state index contributed by atoms with van der Waals surface area (Å²) in [5.74, 6) is -0.235. The van der Waals surface area contributed by atoms with Crippen LogP contribution in [0, 0.1) is 10.1 Å². The molecule has 0 aliphatic carbocycles. The Hall–Kier alpha value is -3.13. The average Bonchev–Trinajstić information content (AvgIpc) is 3.04. The standard InChI is InChI=1S/C16H12N4O3S/c21-15(18-11-4-6-13(7-5-11)20(22)23)9-12-10-24-16(19-12)14-3-1-2-8-17-14/h1-8,10H,9H2,(H,18,21). The molecule has 0 bridgehead atoms. The minimum Gasteiger partial charge on any atom is -0.326 e. The van der Waals surface area contributed by atoms with Crippen LogP contribution in [0.2, 0.25) is 0 Å². The number of non-ortho nitro benzene ring substituents is 1. The highest BCUT2D eigenvalue weighted by Gasteiger charge is 2.11. The third-order valence-electron chi connectivity index (χ3n) is 3.14. The van der Waals surface area contributed by atoms with Crippen LogP contribution in [0.25, 0.3) is 10.7 Å². The fourth-order valence-electron chi connectivity index (χ4n) is 2.03. The average molecular weight is 340 g/mol. The molecule has 0 saturated heterocycles. The Morgan fingerprint density at radius 1 is 1.21 bits per heavy atom. The lowest BCUT2D eigenvalue weighted by atomic mass is 10.2. The predicted octanol–water partition coefficient (Wildman–Crippen LogP) is 3.29. The Morgan fingerprint density at radius 2 is 2.00 bits per heavy atom. The lowest BCUT2D eigenvalue weighted by Gasteiger charge is -2.03. The minimum absolute atomic E-state index is 0.0208. The number of rotatable bonds is 5. The molecule has 0 radical (unpaired) electrons. The van der Waals surface area contributed by atoms with Gasteiger partial charge >= 0.3 is 0 Å². The van der Waals surface area contributed by atoms with Crippen molar-refractivity contribution in [1.29, 1.82) is 0 Å². The number of nitrogens with one attached hydrogen (secondary N) is 1. The molecular weight excluding hydrogens is 328 g/mol. The van der Waals surface area contributed by atoms with E-state index in [2.05, 4.69) is 15.3 Å². The first kappa shape index (κ1) is 15.8. The number of pyridine rings is 1. The second-order valence-electron chi connectivity index (χ2n) is 4.89. The molecule has 8 heteroatoms. The highest BCUT2D eigenvalue weighted by atomic mass is 32.1. The lowest BCUT2D eigenvalue weighted by molar-refractivity contribution is -0.384. The number of carbonyl (C=O) groups excluding carboxylic acids is 1. The quantitative estimate of drug-likeness (QED) is 0.567. The van der Waals surface area contributed by atoms with Gasteiger partial charge in [0.15, 0.2) is 0 Å². The smallest absolute Gasteiger partial charge is 0.269 e. The number of nitro benzene ring substituents is 1. The van der Waals surface area contributed by atoms with Gasteiger partial charge in [-0.3, -0.25) is 19.9 Å². The van der Waals surface area contributed by atoms with Crippen molar-refractivity contribution >= 4 is 28.6 Å². The number of benzene rings is 1. The lowest BCUT2D eigenvalue weighted by Crippen LogP contribution is -2.14. The van der Waals surface area contributed by atoms with Crippen molar-refractivity contribution in [3.05, 3.63) is 69.8 Å². The van der Waals surface area contributed by atoms with Crippen LogP contribution in [-0.2, 0) is 11.2 Å². The molecule has 24 heavy (non-hydrogen) atoms. The highest BCUT2D eigenvalue weighted by Crippen LogP contribution is 2.22. The van der Waals surface area contributed by atoms with E-state index in [-0.39, 0.29) is 18.0 Å². The molecule has 3 aromatic rings. The van der Waals surface area contributed by atoms with Crippen LogP contribution in [0.1, 0.15) is 5.69 Å². The van der Waals surface area contributed by atoms with Crippen molar-refractivity contribution in [1.82, 2.24) is 9.97 Å². The van der Waals surface area contributed by atoms with Crippen molar-refractivity contribution < 1.29 is 9.72 Å². The third kappa shape index (κ3) is 3.79. The Kier molecular flexibility index (Phi) is 4.57. The van der Waals surface area contributed by atoms with Crippen LogP contribution in [0.15, 0.2) is 54.0 Å². The van der Waals surface area contributed by atoms with Gasteiger partial charge in [-0.1, -0.05) is 6.07 Å². The molecule has 2 aromatic heterocycles. The molecule has 0 atom stereocenters. The third-order valence-corrected chi connectivity index (χ3v) is 4.05. The summed E-state index contributed by atoms with van der Waals surface area (Å²) in [6.07, 6.45) is 1.82. The zero-order valence-corrected chi connectivity index (χ0v) is 13.2. The van der Waals surface area contributed by atoms with Gasteiger partial charge in [0.05, 0.1) is 22.7 Å². The highest BCUT2D eigenvalue weighted by molar-refractivity contribution is 7.13. The van der Waals surface area contributed by atoms with Crippen LogP contribution >= 0.6 is 11.3 Å². The van der Waals surface area contributed by atoms with Gasteiger partial charge in [-0.2, -0.15) is 0 Å². The van der Waals surface area contributed by atoms with E-state index in [0.29, 0.717) is 11.4 Å². The summed E-state index contributed by atoms with van der Waals surface area (Å²) in [5, 5.41) is 15.9. The number of aromatic nitrogens is 2. The number of nitrogens with zero attached hydrogens (tertiary/aromatic N) is 3. The molecule has 7 nitrogen and oxygen atoms in total. The Morgan fingerprint density at radius 3 is 2.67 bits per heavy atom. The molecule has 0 fully saturated rings. The van der Waals surface area contributed by atoms with Crippen LogP contribution in [0.4, 0.5) is 11.4 Å². The van der Waals surface area contributed by atoms with Crippen molar-refractivity contribution in [2.24, 2.45) is 0 Å². The number of amides is 1. The van der Waals surface area contributed by atoms with Crippen molar-refractivity contribution in [2.75, 3.05) is 5.32 Å². The molecular formula is C16H12N4O3S. The van der Waals surface area contributed by atoms with Crippen LogP contribution in [0.3, 0.4) is 0 Å². The van der Waals surface area contributed by atoms with Crippen molar-refractivity contribution in [2.45, 2.75) is 6.42 Å². The zero-order chi connectivity index (χ0) is 16.9. The first-order valence-electron chi connectivity index (χ1n) is 7.02. The Bertz CT molecular complexity index is 863. The number of thiazole rings is 1.